The zero-order valence-electron chi connectivity index (χ0n) is 14.8. The number of rotatable bonds is 5. The zero-order valence-corrected chi connectivity index (χ0v) is 15.7. The van der Waals surface area contributed by atoms with Crippen molar-refractivity contribution in [2.24, 2.45) is 0 Å². The highest BCUT2D eigenvalue weighted by molar-refractivity contribution is 7.19. The number of aromatic nitrogens is 4. The summed E-state index contributed by atoms with van der Waals surface area (Å²) in [5.74, 6) is 1.34. The molecule has 2 aromatic carbocycles. The molecule has 136 valence electrons. The number of aryl methyl sites for hydroxylation is 1. The van der Waals surface area contributed by atoms with Gasteiger partial charge in [0.1, 0.15) is 10.8 Å². The van der Waals surface area contributed by atoms with Crippen LogP contribution in [-0.2, 0) is 0 Å². The van der Waals surface area contributed by atoms with Crippen LogP contribution in [0.1, 0.15) is 23.1 Å². The van der Waals surface area contributed by atoms with Crippen molar-refractivity contribution in [3.8, 4) is 16.3 Å². The molecule has 2 heterocycles. The Morgan fingerprint density at radius 3 is 2.52 bits per heavy atom. The van der Waals surface area contributed by atoms with E-state index < -0.39 is 0 Å². The van der Waals surface area contributed by atoms with Crippen LogP contribution in [0.4, 0.5) is 5.69 Å². The summed E-state index contributed by atoms with van der Waals surface area (Å²) in [6.45, 7) is 4.38. The standard InChI is InChI=1S/C19H17N5O2S/c1-3-26-16-10-6-13(7-11-16)17(25)20-15-8-4-14(5-9-15)18-23-24-12(2)21-22-19(24)27-18/h4-11H,3H2,1-2H3,(H,20,25). The van der Waals surface area contributed by atoms with Crippen molar-refractivity contribution in [2.45, 2.75) is 13.8 Å². The van der Waals surface area contributed by atoms with Gasteiger partial charge in [-0.2, -0.15) is 9.61 Å². The molecule has 2 aromatic heterocycles. The van der Waals surface area contributed by atoms with Crippen molar-refractivity contribution in [1.29, 1.82) is 0 Å². The summed E-state index contributed by atoms with van der Waals surface area (Å²) in [4.78, 5) is 13.1. The minimum atomic E-state index is -0.166. The van der Waals surface area contributed by atoms with E-state index in [1.165, 1.54) is 11.3 Å². The van der Waals surface area contributed by atoms with Crippen LogP contribution in [0.15, 0.2) is 48.5 Å². The quantitative estimate of drug-likeness (QED) is 0.570. The Kier molecular flexibility index (Phi) is 4.55. The van der Waals surface area contributed by atoms with Gasteiger partial charge in [0, 0.05) is 16.8 Å². The molecule has 8 heteroatoms. The lowest BCUT2D eigenvalue weighted by Gasteiger charge is -2.07. The normalized spacial score (nSPS) is 10.9. The van der Waals surface area contributed by atoms with E-state index in [-0.39, 0.29) is 5.91 Å². The van der Waals surface area contributed by atoms with Gasteiger partial charge in [0.05, 0.1) is 6.61 Å². The molecule has 0 fully saturated rings. The Bertz CT molecular complexity index is 1080. The van der Waals surface area contributed by atoms with Gasteiger partial charge < -0.3 is 10.1 Å². The third-order valence-electron chi connectivity index (χ3n) is 3.96. The predicted octanol–water partition coefficient (Wildman–Crippen LogP) is 3.81. The third-order valence-corrected chi connectivity index (χ3v) is 4.91. The fourth-order valence-corrected chi connectivity index (χ4v) is 3.49. The zero-order chi connectivity index (χ0) is 18.8. The summed E-state index contributed by atoms with van der Waals surface area (Å²) in [5.41, 5.74) is 2.26. The Labute approximate surface area is 159 Å². The van der Waals surface area contributed by atoms with E-state index >= 15 is 0 Å². The number of carbonyl (C=O) groups is 1. The molecule has 4 rings (SSSR count). The molecule has 0 saturated heterocycles. The number of fused-ring (bicyclic) bond motifs is 1. The van der Waals surface area contributed by atoms with Crippen LogP contribution in [0, 0.1) is 6.92 Å². The van der Waals surface area contributed by atoms with Crippen LogP contribution < -0.4 is 10.1 Å². The smallest absolute Gasteiger partial charge is 0.255 e. The van der Waals surface area contributed by atoms with Crippen LogP contribution >= 0.6 is 11.3 Å². The predicted molar refractivity (Wildman–Crippen MR) is 104 cm³/mol. The summed E-state index contributed by atoms with van der Waals surface area (Å²) < 4.78 is 7.11. The van der Waals surface area contributed by atoms with Gasteiger partial charge in [-0.05, 0) is 62.4 Å². The van der Waals surface area contributed by atoms with Crippen molar-refractivity contribution in [2.75, 3.05) is 11.9 Å². The molecule has 1 amide bonds. The first-order chi connectivity index (χ1) is 13.1. The van der Waals surface area contributed by atoms with Gasteiger partial charge in [-0.3, -0.25) is 4.79 Å². The molecular formula is C19H17N5O2S. The van der Waals surface area contributed by atoms with Crippen LogP contribution in [0.25, 0.3) is 15.5 Å². The molecule has 0 saturated carbocycles. The first-order valence-electron chi connectivity index (χ1n) is 8.47. The second-order valence-corrected chi connectivity index (χ2v) is 6.79. The molecule has 27 heavy (non-hydrogen) atoms. The van der Waals surface area contributed by atoms with E-state index in [4.69, 9.17) is 4.74 Å². The number of ether oxygens (including phenoxy) is 1. The summed E-state index contributed by atoms with van der Waals surface area (Å²) in [5, 5.41) is 16.3. The van der Waals surface area contributed by atoms with Gasteiger partial charge in [-0.15, -0.1) is 10.2 Å². The largest absolute Gasteiger partial charge is 0.494 e. The van der Waals surface area contributed by atoms with Crippen LogP contribution in [-0.4, -0.2) is 32.3 Å². The number of nitrogens with zero attached hydrogens (tertiary/aromatic N) is 4. The Hall–Kier alpha value is -3.26. The number of hydrogen-bond acceptors (Lipinski definition) is 6. The number of benzene rings is 2. The summed E-state index contributed by atoms with van der Waals surface area (Å²) in [6, 6.07) is 14.6. The molecule has 0 aliphatic carbocycles. The lowest BCUT2D eigenvalue weighted by atomic mass is 10.2. The van der Waals surface area contributed by atoms with E-state index in [0.29, 0.717) is 12.2 Å². The topological polar surface area (TPSA) is 81.4 Å². The average molecular weight is 379 g/mol. The van der Waals surface area contributed by atoms with Gasteiger partial charge >= 0.3 is 0 Å². The molecule has 0 radical (unpaired) electrons. The number of anilines is 1. The SMILES string of the molecule is CCOc1ccc(C(=O)Nc2ccc(-c3nn4c(C)nnc4s3)cc2)cc1. The first kappa shape index (κ1) is 17.2. The van der Waals surface area contributed by atoms with Gasteiger partial charge in [0.25, 0.3) is 5.91 Å². The highest BCUT2D eigenvalue weighted by Gasteiger charge is 2.11. The number of carbonyl (C=O) groups excluding carboxylic acids is 1. The Morgan fingerprint density at radius 1 is 1.11 bits per heavy atom. The lowest BCUT2D eigenvalue weighted by molar-refractivity contribution is 0.102. The van der Waals surface area contributed by atoms with Crippen LogP contribution in [0.2, 0.25) is 0 Å². The monoisotopic (exact) mass is 379 g/mol. The molecule has 0 aliphatic rings. The van der Waals surface area contributed by atoms with Crippen molar-refractivity contribution < 1.29 is 9.53 Å². The van der Waals surface area contributed by atoms with Crippen molar-refractivity contribution in [3.05, 3.63) is 59.9 Å². The lowest BCUT2D eigenvalue weighted by Crippen LogP contribution is -2.11. The van der Waals surface area contributed by atoms with E-state index in [1.54, 1.807) is 28.8 Å². The molecule has 0 atom stereocenters. The third kappa shape index (κ3) is 3.52. The molecular weight excluding hydrogens is 362 g/mol. The summed E-state index contributed by atoms with van der Waals surface area (Å²) in [6.07, 6.45) is 0. The Balaban J connectivity index is 1.47. The molecule has 0 aliphatic heterocycles. The van der Waals surface area contributed by atoms with Gasteiger partial charge in [-0.25, -0.2) is 0 Å². The average Bonchev–Trinajstić information content (AvgIpc) is 3.25. The number of nitrogens with one attached hydrogen (secondary N) is 1. The van der Waals surface area contributed by atoms with Crippen molar-refractivity contribution in [3.63, 3.8) is 0 Å². The molecule has 0 bridgehead atoms. The second-order valence-electron chi connectivity index (χ2n) is 5.84. The fourth-order valence-electron chi connectivity index (χ4n) is 2.60. The number of amides is 1. The van der Waals surface area contributed by atoms with Gasteiger partial charge in [0.15, 0.2) is 5.82 Å². The van der Waals surface area contributed by atoms with E-state index in [1.807, 2.05) is 38.1 Å². The van der Waals surface area contributed by atoms with E-state index in [2.05, 4.69) is 20.6 Å². The highest BCUT2D eigenvalue weighted by atomic mass is 32.1. The minimum Gasteiger partial charge on any atom is -0.494 e. The van der Waals surface area contributed by atoms with Gasteiger partial charge in [0.2, 0.25) is 4.96 Å². The minimum absolute atomic E-state index is 0.166. The van der Waals surface area contributed by atoms with Crippen molar-refractivity contribution >= 4 is 27.9 Å². The molecule has 7 nitrogen and oxygen atoms in total. The number of hydrogen-bond donors (Lipinski definition) is 1. The van der Waals surface area contributed by atoms with E-state index in [9.17, 15) is 4.79 Å². The maximum atomic E-state index is 12.4. The molecule has 0 spiro atoms. The van der Waals surface area contributed by atoms with Crippen LogP contribution in [0.5, 0.6) is 5.75 Å². The summed E-state index contributed by atoms with van der Waals surface area (Å²) >= 11 is 1.47. The second kappa shape index (κ2) is 7.16. The van der Waals surface area contributed by atoms with Gasteiger partial charge in [-0.1, -0.05) is 11.3 Å². The maximum Gasteiger partial charge on any atom is 0.255 e. The van der Waals surface area contributed by atoms with Crippen molar-refractivity contribution in [1.82, 2.24) is 19.8 Å². The molecule has 1 N–H and O–H groups in total. The fraction of sp³-hybridized carbons (Fsp3) is 0.158. The highest BCUT2D eigenvalue weighted by Crippen LogP contribution is 2.26. The van der Waals surface area contributed by atoms with E-state index in [0.717, 1.165) is 32.8 Å². The maximum absolute atomic E-state index is 12.4. The summed E-state index contributed by atoms with van der Waals surface area (Å²) in [7, 11) is 0. The molecule has 4 aromatic rings. The molecule has 0 unspecified atom stereocenters. The van der Waals surface area contributed by atoms with Crippen LogP contribution in [0.3, 0.4) is 0 Å². The first-order valence-corrected chi connectivity index (χ1v) is 9.29. The Morgan fingerprint density at radius 2 is 1.85 bits per heavy atom.